The molecule has 0 saturated heterocycles. The van der Waals surface area contributed by atoms with Crippen molar-refractivity contribution in [3.05, 3.63) is 59.9 Å². The van der Waals surface area contributed by atoms with Crippen molar-refractivity contribution in [3.63, 3.8) is 0 Å². The van der Waals surface area contributed by atoms with Gasteiger partial charge in [0.1, 0.15) is 5.82 Å². The normalized spacial score (nSPS) is 10.2. The van der Waals surface area contributed by atoms with Gasteiger partial charge in [0.25, 0.3) is 0 Å². The summed E-state index contributed by atoms with van der Waals surface area (Å²) in [5.74, 6) is -1.34. The molecule has 0 aliphatic carbocycles. The minimum Gasteiger partial charge on any atom is -0.478 e. The van der Waals surface area contributed by atoms with E-state index in [4.69, 9.17) is 0 Å². The van der Waals surface area contributed by atoms with E-state index in [1.54, 1.807) is 41.3 Å². The van der Waals surface area contributed by atoms with E-state index >= 15 is 0 Å². The van der Waals surface area contributed by atoms with Crippen molar-refractivity contribution in [2.45, 2.75) is 6.92 Å². The Bertz CT molecular complexity index is 598. The van der Waals surface area contributed by atoms with Crippen molar-refractivity contribution in [2.24, 2.45) is 0 Å². The summed E-state index contributed by atoms with van der Waals surface area (Å²) >= 11 is 0. The van der Waals surface area contributed by atoms with Gasteiger partial charge in [0.15, 0.2) is 0 Å². The van der Waals surface area contributed by atoms with Crippen molar-refractivity contribution in [2.75, 3.05) is 11.4 Å². The lowest BCUT2D eigenvalue weighted by Crippen LogP contribution is -2.19. The zero-order valence-corrected chi connectivity index (χ0v) is 10.5. The molecule has 98 valence electrons. The number of hydrogen-bond acceptors (Lipinski definition) is 2. The van der Waals surface area contributed by atoms with Gasteiger partial charge < -0.3 is 10.0 Å². The number of aromatic carboxylic acids is 1. The van der Waals surface area contributed by atoms with Gasteiger partial charge in [0, 0.05) is 12.2 Å². The van der Waals surface area contributed by atoms with E-state index in [2.05, 4.69) is 0 Å². The van der Waals surface area contributed by atoms with E-state index in [1.807, 2.05) is 6.92 Å². The summed E-state index contributed by atoms with van der Waals surface area (Å²) in [4.78, 5) is 13.0. The standard InChI is InChI=1S/C15H14FNO2/c1-2-17(12-7-5-6-11(16)10-12)14-9-4-3-8-13(14)15(18)19/h3-10H,2H2,1H3,(H,18,19). The van der Waals surface area contributed by atoms with Gasteiger partial charge in [0.05, 0.1) is 11.3 Å². The molecule has 2 aromatic carbocycles. The number of benzene rings is 2. The van der Waals surface area contributed by atoms with Crippen molar-refractivity contribution in [1.82, 2.24) is 0 Å². The van der Waals surface area contributed by atoms with Crippen LogP contribution in [0.25, 0.3) is 0 Å². The van der Waals surface area contributed by atoms with Crippen molar-refractivity contribution in [1.29, 1.82) is 0 Å². The van der Waals surface area contributed by atoms with Crippen LogP contribution in [-0.2, 0) is 0 Å². The molecule has 0 spiro atoms. The molecule has 0 aromatic heterocycles. The molecule has 0 fully saturated rings. The predicted molar refractivity (Wildman–Crippen MR) is 72.5 cm³/mol. The fourth-order valence-corrected chi connectivity index (χ4v) is 2.03. The molecular weight excluding hydrogens is 245 g/mol. The third-order valence-corrected chi connectivity index (χ3v) is 2.86. The number of para-hydroxylation sites is 1. The maximum absolute atomic E-state index is 13.3. The molecule has 0 saturated carbocycles. The number of rotatable bonds is 4. The molecule has 0 aliphatic rings. The molecule has 0 amide bonds. The van der Waals surface area contributed by atoms with Gasteiger partial charge in [-0.25, -0.2) is 9.18 Å². The Morgan fingerprint density at radius 1 is 1.21 bits per heavy atom. The molecule has 3 nitrogen and oxygen atoms in total. The van der Waals surface area contributed by atoms with Crippen molar-refractivity contribution >= 4 is 17.3 Å². The molecule has 0 aliphatic heterocycles. The van der Waals surface area contributed by atoms with E-state index in [0.717, 1.165) is 0 Å². The Kier molecular flexibility index (Phi) is 3.80. The second kappa shape index (κ2) is 5.52. The van der Waals surface area contributed by atoms with E-state index in [1.165, 1.54) is 12.1 Å². The second-order valence-corrected chi connectivity index (χ2v) is 4.05. The largest absolute Gasteiger partial charge is 0.478 e. The first kappa shape index (κ1) is 13.1. The Morgan fingerprint density at radius 3 is 2.58 bits per heavy atom. The van der Waals surface area contributed by atoms with Crippen LogP contribution in [0.2, 0.25) is 0 Å². The van der Waals surface area contributed by atoms with E-state index < -0.39 is 5.97 Å². The summed E-state index contributed by atoms with van der Waals surface area (Å²) in [6.07, 6.45) is 0. The lowest BCUT2D eigenvalue weighted by molar-refractivity contribution is 0.0697. The summed E-state index contributed by atoms with van der Waals surface area (Å²) in [7, 11) is 0. The molecule has 0 radical (unpaired) electrons. The Balaban J connectivity index is 2.51. The van der Waals surface area contributed by atoms with Gasteiger partial charge in [-0.3, -0.25) is 0 Å². The highest BCUT2D eigenvalue weighted by Crippen LogP contribution is 2.28. The molecule has 2 rings (SSSR count). The van der Waals surface area contributed by atoms with Crippen molar-refractivity contribution < 1.29 is 14.3 Å². The second-order valence-electron chi connectivity index (χ2n) is 4.05. The first-order valence-corrected chi connectivity index (χ1v) is 5.99. The maximum Gasteiger partial charge on any atom is 0.337 e. The molecule has 1 N–H and O–H groups in total. The highest BCUT2D eigenvalue weighted by Gasteiger charge is 2.15. The first-order valence-electron chi connectivity index (χ1n) is 5.99. The fraction of sp³-hybridized carbons (Fsp3) is 0.133. The molecule has 19 heavy (non-hydrogen) atoms. The van der Waals surface area contributed by atoms with Crippen LogP contribution in [0.3, 0.4) is 0 Å². The van der Waals surface area contributed by atoms with Crippen LogP contribution in [0.15, 0.2) is 48.5 Å². The first-order chi connectivity index (χ1) is 9.13. The molecule has 0 bridgehead atoms. The van der Waals surface area contributed by atoms with Crippen LogP contribution in [0.4, 0.5) is 15.8 Å². The predicted octanol–water partition coefficient (Wildman–Crippen LogP) is 3.68. The summed E-state index contributed by atoms with van der Waals surface area (Å²) in [5.41, 5.74) is 1.40. The van der Waals surface area contributed by atoms with Crippen LogP contribution in [0, 0.1) is 5.82 Å². The molecule has 2 aromatic rings. The highest BCUT2D eigenvalue weighted by atomic mass is 19.1. The zero-order valence-electron chi connectivity index (χ0n) is 10.5. The van der Waals surface area contributed by atoms with Crippen LogP contribution >= 0.6 is 0 Å². The van der Waals surface area contributed by atoms with E-state index in [9.17, 15) is 14.3 Å². The number of hydrogen-bond donors (Lipinski definition) is 1. The highest BCUT2D eigenvalue weighted by molar-refractivity contribution is 5.95. The number of carboxylic acids is 1. The average molecular weight is 259 g/mol. The van der Waals surface area contributed by atoms with Gasteiger partial charge in [-0.15, -0.1) is 0 Å². The van der Waals surface area contributed by atoms with Crippen LogP contribution in [0.5, 0.6) is 0 Å². The van der Waals surface area contributed by atoms with Crippen molar-refractivity contribution in [3.8, 4) is 0 Å². The minimum absolute atomic E-state index is 0.202. The Morgan fingerprint density at radius 2 is 1.95 bits per heavy atom. The molecule has 0 unspecified atom stereocenters. The third kappa shape index (κ3) is 2.73. The number of carboxylic acid groups (broad SMARTS) is 1. The minimum atomic E-state index is -0.995. The van der Waals surface area contributed by atoms with Gasteiger partial charge in [-0.2, -0.15) is 0 Å². The summed E-state index contributed by atoms with van der Waals surface area (Å²) in [5, 5.41) is 9.21. The van der Waals surface area contributed by atoms with Crippen LogP contribution < -0.4 is 4.90 Å². The lowest BCUT2D eigenvalue weighted by Gasteiger charge is -2.24. The molecule has 0 heterocycles. The smallest absolute Gasteiger partial charge is 0.337 e. The number of anilines is 2. The summed E-state index contributed by atoms with van der Waals surface area (Å²) < 4.78 is 13.3. The topological polar surface area (TPSA) is 40.5 Å². The monoisotopic (exact) mass is 259 g/mol. The average Bonchev–Trinajstić information content (AvgIpc) is 2.40. The van der Waals surface area contributed by atoms with Crippen LogP contribution in [-0.4, -0.2) is 17.6 Å². The fourth-order valence-electron chi connectivity index (χ4n) is 2.03. The summed E-state index contributed by atoms with van der Waals surface area (Å²) in [6.45, 7) is 2.44. The maximum atomic E-state index is 13.3. The number of carbonyl (C=O) groups is 1. The van der Waals surface area contributed by atoms with E-state index in [-0.39, 0.29) is 11.4 Å². The molecule has 4 heteroatoms. The van der Waals surface area contributed by atoms with Gasteiger partial charge >= 0.3 is 5.97 Å². The third-order valence-electron chi connectivity index (χ3n) is 2.86. The van der Waals surface area contributed by atoms with E-state index in [0.29, 0.717) is 17.9 Å². The van der Waals surface area contributed by atoms with Gasteiger partial charge in [-0.1, -0.05) is 18.2 Å². The zero-order chi connectivity index (χ0) is 13.8. The molecular formula is C15H14FNO2. The Hall–Kier alpha value is -2.36. The van der Waals surface area contributed by atoms with Crippen LogP contribution in [0.1, 0.15) is 17.3 Å². The molecule has 0 atom stereocenters. The van der Waals surface area contributed by atoms with Gasteiger partial charge in [0.2, 0.25) is 0 Å². The SMILES string of the molecule is CCN(c1cccc(F)c1)c1ccccc1C(=O)O. The number of halogens is 1. The summed E-state index contributed by atoms with van der Waals surface area (Å²) in [6, 6.07) is 12.8. The quantitative estimate of drug-likeness (QED) is 0.910. The Labute approximate surface area is 110 Å². The lowest BCUT2D eigenvalue weighted by atomic mass is 10.1. The van der Waals surface area contributed by atoms with Gasteiger partial charge in [-0.05, 0) is 37.3 Å². The number of nitrogens with zero attached hydrogens (tertiary/aromatic N) is 1.